The van der Waals surface area contributed by atoms with Crippen molar-refractivity contribution in [2.24, 2.45) is 11.8 Å². The van der Waals surface area contributed by atoms with Crippen molar-refractivity contribution < 1.29 is 19.8 Å². The molecule has 0 aromatic heterocycles. The zero-order valence-electron chi connectivity index (χ0n) is 17.4. The number of carbonyl (C=O) groups excluding carboxylic acids is 1. The van der Waals surface area contributed by atoms with E-state index in [1.165, 1.54) is 0 Å². The zero-order chi connectivity index (χ0) is 20.8. The highest BCUT2D eigenvalue weighted by Gasteiger charge is 2.32. The molecule has 1 saturated carbocycles. The summed E-state index contributed by atoms with van der Waals surface area (Å²) in [7, 11) is 0. The third kappa shape index (κ3) is 9.50. The number of allylic oxidation sites excluding steroid dienone is 3. The number of carboxylic acid groups (broad SMARTS) is 1. The van der Waals surface area contributed by atoms with E-state index in [1.807, 2.05) is 12.2 Å². The Bertz CT molecular complexity index is 547. The molecule has 0 saturated heterocycles. The maximum absolute atomic E-state index is 12.3. The van der Waals surface area contributed by atoms with Crippen molar-refractivity contribution in [3.8, 4) is 0 Å². The van der Waals surface area contributed by atoms with Gasteiger partial charge in [-0.25, -0.2) is 0 Å². The summed E-state index contributed by atoms with van der Waals surface area (Å²) < 4.78 is 0. The van der Waals surface area contributed by atoms with Gasteiger partial charge in [-0.2, -0.15) is 0 Å². The average molecular weight is 391 g/mol. The molecule has 1 unspecified atom stereocenters. The first kappa shape index (κ1) is 24.4. The summed E-state index contributed by atoms with van der Waals surface area (Å²) in [5, 5.41) is 19.1. The molecule has 0 radical (unpaired) electrons. The van der Waals surface area contributed by atoms with E-state index in [9.17, 15) is 14.7 Å². The van der Waals surface area contributed by atoms with E-state index in [1.54, 1.807) is 6.08 Å². The van der Waals surface area contributed by atoms with Gasteiger partial charge in [0.15, 0.2) is 0 Å². The summed E-state index contributed by atoms with van der Waals surface area (Å²) in [6.07, 6.45) is 17.4. The number of aliphatic hydroxyl groups is 1. The first-order valence-electron chi connectivity index (χ1n) is 10.9. The molecular weight excluding hydrogens is 352 g/mol. The normalized spacial score (nSPS) is 21.4. The Morgan fingerprint density at radius 3 is 2.64 bits per heavy atom. The second-order valence-corrected chi connectivity index (χ2v) is 7.90. The van der Waals surface area contributed by atoms with Crippen molar-refractivity contribution >= 4 is 11.8 Å². The van der Waals surface area contributed by atoms with E-state index in [-0.39, 0.29) is 18.3 Å². The van der Waals surface area contributed by atoms with Crippen molar-refractivity contribution in [2.45, 2.75) is 90.1 Å². The predicted molar refractivity (Wildman–Crippen MR) is 114 cm³/mol. The highest BCUT2D eigenvalue weighted by atomic mass is 16.4. The average Bonchev–Trinajstić information content (AvgIpc) is 3.01. The maximum Gasteiger partial charge on any atom is 0.303 e. The summed E-state index contributed by atoms with van der Waals surface area (Å²) in [6, 6.07) is 0. The lowest BCUT2D eigenvalue weighted by atomic mass is 9.88. The number of carboxylic acids is 1. The minimum atomic E-state index is -0.739. The third-order valence-corrected chi connectivity index (χ3v) is 5.62. The molecule has 0 spiro atoms. The van der Waals surface area contributed by atoms with Crippen LogP contribution in [0.5, 0.6) is 0 Å². The van der Waals surface area contributed by atoms with Crippen LogP contribution in [-0.2, 0) is 9.59 Å². The van der Waals surface area contributed by atoms with Gasteiger partial charge in [0.05, 0.1) is 6.10 Å². The molecule has 1 aliphatic carbocycles. The Hall–Kier alpha value is -1.68. The second-order valence-electron chi connectivity index (χ2n) is 7.90. The minimum absolute atomic E-state index is 0.0675. The molecule has 28 heavy (non-hydrogen) atoms. The Balaban J connectivity index is 2.53. The highest BCUT2D eigenvalue weighted by Crippen LogP contribution is 2.34. The number of carbonyl (C=O) groups is 2. The fraction of sp³-hybridized carbons (Fsp3) is 0.667. The molecule has 158 valence electrons. The first-order chi connectivity index (χ1) is 13.5. The van der Waals surface area contributed by atoms with Gasteiger partial charge in [0.25, 0.3) is 0 Å². The van der Waals surface area contributed by atoms with Gasteiger partial charge in [-0.1, -0.05) is 76.3 Å². The van der Waals surface area contributed by atoms with Gasteiger partial charge in [0.2, 0.25) is 0 Å². The Kier molecular flexibility index (Phi) is 12.5. The molecule has 4 heteroatoms. The summed E-state index contributed by atoms with van der Waals surface area (Å²) in [5.74, 6) is -0.0881. The third-order valence-electron chi connectivity index (χ3n) is 5.62. The summed E-state index contributed by atoms with van der Waals surface area (Å²) in [4.78, 5) is 22.8. The van der Waals surface area contributed by atoms with Gasteiger partial charge in [0, 0.05) is 18.8 Å². The molecule has 1 aliphatic rings. The SMILES string of the molecule is C=C/C=C(\C=C\[C@H]1CCC(=O)[C@@H]1CCCCCCC(=O)O)C(O)CCCCC. The van der Waals surface area contributed by atoms with Crippen molar-refractivity contribution in [2.75, 3.05) is 0 Å². The molecule has 1 fully saturated rings. The molecule has 0 aromatic rings. The number of ketones is 1. The summed E-state index contributed by atoms with van der Waals surface area (Å²) >= 11 is 0. The predicted octanol–water partition coefficient (Wildman–Crippen LogP) is 5.62. The molecule has 4 nitrogen and oxygen atoms in total. The van der Waals surface area contributed by atoms with Crippen molar-refractivity contribution in [3.05, 3.63) is 36.5 Å². The topological polar surface area (TPSA) is 74.6 Å². The highest BCUT2D eigenvalue weighted by molar-refractivity contribution is 5.83. The molecule has 0 aromatic carbocycles. The van der Waals surface area contributed by atoms with Crippen LogP contribution >= 0.6 is 0 Å². The van der Waals surface area contributed by atoms with Gasteiger partial charge < -0.3 is 10.2 Å². The number of rotatable bonds is 15. The molecule has 1 rings (SSSR count). The standard InChI is InChI=1S/C24H38O4/c1-3-5-8-13-22(25)20(11-4-2)16-15-19-17-18-23(26)21(19)12-9-6-7-10-14-24(27)28/h4,11,15-16,19,21-22,25H,2-3,5-10,12-14,17-18H2,1H3,(H,27,28)/b16-15+,20-11+/t19-,21+,22?/m0/s1. The van der Waals surface area contributed by atoms with Crippen LogP contribution in [0.25, 0.3) is 0 Å². The van der Waals surface area contributed by atoms with Crippen LogP contribution in [-0.4, -0.2) is 28.1 Å². The van der Waals surface area contributed by atoms with Gasteiger partial charge in [-0.15, -0.1) is 0 Å². The Morgan fingerprint density at radius 1 is 1.21 bits per heavy atom. The molecule has 2 N–H and O–H groups in total. The van der Waals surface area contributed by atoms with Gasteiger partial charge in [-0.3, -0.25) is 9.59 Å². The lowest BCUT2D eigenvalue weighted by molar-refractivity contribution is -0.137. The van der Waals surface area contributed by atoms with Crippen LogP contribution in [0.15, 0.2) is 36.5 Å². The van der Waals surface area contributed by atoms with Crippen LogP contribution in [0, 0.1) is 11.8 Å². The fourth-order valence-corrected chi connectivity index (χ4v) is 3.94. The number of hydrogen-bond acceptors (Lipinski definition) is 3. The number of Topliss-reactive ketones (excluding diaryl/α,β-unsaturated/α-hetero) is 1. The van der Waals surface area contributed by atoms with Crippen LogP contribution in [0.4, 0.5) is 0 Å². The van der Waals surface area contributed by atoms with Gasteiger partial charge in [-0.05, 0) is 37.2 Å². The molecular formula is C24H38O4. The van der Waals surface area contributed by atoms with Crippen LogP contribution < -0.4 is 0 Å². The van der Waals surface area contributed by atoms with E-state index < -0.39 is 12.1 Å². The smallest absolute Gasteiger partial charge is 0.303 e. The van der Waals surface area contributed by atoms with Crippen LogP contribution in [0.1, 0.15) is 84.0 Å². The second kappa shape index (κ2) is 14.3. The first-order valence-corrected chi connectivity index (χ1v) is 10.9. The summed E-state index contributed by atoms with van der Waals surface area (Å²) in [5.41, 5.74) is 0.873. The van der Waals surface area contributed by atoms with E-state index >= 15 is 0 Å². The fourth-order valence-electron chi connectivity index (χ4n) is 3.94. The van der Waals surface area contributed by atoms with Crippen LogP contribution in [0.3, 0.4) is 0 Å². The van der Waals surface area contributed by atoms with E-state index in [0.717, 1.165) is 63.4 Å². The molecule has 0 bridgehead atoms. The Morgan fingerprint density at radius 2 is 1.96 bits per heavy atom. The number of unbranched alkanes of at least 4 members (excludes halogenated alkanes) is 5. The molecule has 0 aliphatic heterocycles. The van der Waals surface area contributed by atoms with Crippen molar-refractivity contribution in [1.29, 1.82) is 0 Å². The van der Waals surface area contributed by atoms with Gasteiger partial charge >= 0.3 is 5.97 Å². The van der Waals surface area contributed by atoms with Crippen molar-refractivity contribution in [3.63, 3.8) is 0 Å². The monoisotopic (exact) mass is 390 g/mol. The van der Waals surface area contributed by atoms with Crippen LogP contribution in [0.2, 0.25) is 0 Å². The molecule has 0 amide bonds. The van der Waals surface area contributed by atoms with Gasteiger partial charge in [0.1, 0.15) is 5.78 Å². The Labute approximate surface area is 170 Å². The largest absolute Gasteiger partial charge is 0.481 e. The lowest BCUT2D eigenvalue weighted by Crippen LogP contribution is -2.14. The number of aliphatic carboxylic acids is 1. The quantitative estimate of drug-likeness (QED) is 0.281. The number of hydrogen-bond donors (Lipinski definition) is 2. The molecule has 3 atom stereocenters. The summed E-state index contributed by atoms with van der Waals surface area (Å²) in [6.45, 7) is 5.90. The van der Waals surface area contributed by atoms with E-state index in [0.29, 0.717) is 18.6 Å². The van der Waals surface area contributed by atoms with E-state index in [2.05, 4.69) is 19.6 Å². The lowest BCUT2D eigenvalue weighted by Gasteiger charge is -2.16. The zero-order valence-corrected chi connectivity index (χ0v) is 17.4. The molecule has 0 heterocycles. The number of aliphatic hydroxyl groups excluding tert-OH is 1. The maximum atomic E-state index is 12.3. The van der Waals surface area contributed by atoms with Crippen molar-refractivity contribution in [1.82, 2.24) is 0 Å². The van der Waals surface area contributed by atoms with E-state index in [4.69, 9.17) is 5.11 Å². The minimum Gasteiger partial charge on any atom is -0.481 e.